The summed E-state index contributed by atoms with van der Waals surface area (Å²) in [4.78, 5) is 25.1. The largest absolute Gasteiger partial charge is 0.465 e. The number of halogens is 1. The van der Waals surface area contributed by atoms with Crippen molar-refractivity contribution in [1.82, 2.24) is 4.90 Å². The quantitative estimate of drug-likeness (QED) is 0.906. The van der Waals surface area contributed by atoms with Gasteiger partial charge in [-0.1, -0.05) is 6.07 Å². The number of carboxylic acid groups (broad SMARTS) is 1. The number of benzene rings is 1. The highest BCUT2D eigenvalue weighted by molar-refractivity contribution is 7.99. The van der Waals surface area contributed by atoms with Crippen LogP contribution in [0.25, 0.3) is 0 Å². The summed E-state index contributed by atoms with van der Waals surface area (Å²) in [6.45, 7) is 0.0474. The lowest BCUT2D eigenvalue weighted by molar-refractivity contribution is 0.0415. The molecular formula is C16H17FN2O4S. The molecule has 0 bridgehead atoms. The Bertz CT molecular complexity index is 705. The molecule has 1 saturated carbocycles. The third-order valence-electron chi connectivity index (χ3n) is 5.14. The van der Waals surface area contributed by atoms with Crippen molar-refractivity contribution >= 4 is 29.6 Å². The number of carbonyl (C=O) groups is 2. The van der Waals surface area contributed by atoms with Crippen molar-refractivity contribution in [1.29, 1.82) is 0 Å². The van der Waals surface area contributed by atoms with Gasteiger partial charge in [-0.05, 0) is 47.0 Å². The Morgan fingerprint density at radius 2 is 2.12 bits per heavy atom. The van der Waals surface area contributed by atoms with Crippen LogP contribution < -0.4 is 4.90 Å². The molecule has 2 amide bonds. The van der Waals surface area contributed by atoms with Gasteiger partial charge in [0.15, 0.2) is 6.23 Å². The van der Waals surface area contributed by atoms with Crippen LogP contribution in [-0.2, 0) is 4.74 Å². The fourth-order valence-corrected chi connectivity index (χ4v) is 5.23. The number of carbonyl (C=O) groups excluding carboxylic acids is 1. The van der Waals surface area contributed by atoms with Gasteiger partial charge >= 0.3 is 12.2 Å². The third-order valence-corrected chi connectivity index (χ3v) is 6.38. The number of hydrogen-bond donors (Lipinski definition) is 1. The summed E-state index contributed by atoms with van der Waals surface area (Å²) < 4.78 is 19.6. The zero-order valence-electron chi connectivity index (χ0n) is 13.0. The monoisotopic (exact) mass is 352 g/mol. The Morgan fingerprint density at radius 1 is 1.42 bits per heavy atom. The minimum Gasteiger partial charge on any atom is -0.465 e. The first-order valence-corrected chi connectivity index (χ1v) is 8.94. The molecular weight excluding hydrogens is 335 g/mol. The van der Waals surface area contributed by atoms with E-state index in [4.69, 9.17) is 9.84 Å². The first-order chi connectivity index (χ1) is 11.5. The standard InChI is InChI=1S/C16H17FN2O4S/c1-18(15(20)21)13-5-19(16(22)23-13)8-2-3-9(12(17)4-8)14-10-6-24-7-11(10)14/h2-4,10-11,13-14H,5-7H2,1H3,(H,20,21)/t10-,11+,13-,14?/m0/s1. The van der Waals surface area contributed by atoms with Gasteiger partial charge in [0.05, 0.1) is 12.2 Å². The third kappa shape index (κ3) is 2.40. The number of anilines is 1. The molecule has 4 rings (SSSR count). The van der Waals surface area contributed by atoms with Crippen LogP contribution in [0, 0.1) is 17.7 Å². The van der Waals surface area contributed by atoms with E-state index < -0.39 is 18.4 Å². The molecule has 128 valence electrons. The van der Waals surface area contributed by atoms with Gasteiger partial charge in [-0.25, -0.2) is 14.0 Å². The van der Waals surface area contributed by atoms with Gasteiger partial charge in [0.2, 0.25) is 0 Å². The van der Waals surface area contributed by atoms with Gasteiger partial charge in [0.1, 0.15) is 5.82 Å². The lowest BCUT2D eigenvalue weighted by Gasteiger charge is -2.19. The summed E-state index contributed by atoms with van der Waals surface area (Å²) >= 11 is 1.92. The number of cyclic esters (lactones) is 1. The van der Waals surface area contributed by atoms with E-state index in [-0.39, 0.29) is 12.4 Å². The fraction of sp³-hybridized carbons (Fsp3) is 0.500. The van der Waals surface area contributed by atoms with Crippen molar-refractivity contribution in [2.75, 3.05) is 30.0 Å². The maximum absolute atomic E-state index is 14.5. The molecule has 3 aliphatic rings. The summed E-state index contributed by atoms with van der Waals surface area (Å²) in [5.41, 5.74) is 1.11. The van der Waals surface area contributed by atoms with E-state index in [0.717, 1.165) is 22.0 Å². The summed E-state index contributed by atoms with van der Waals surface area (Å²) in [5, 5.41) is 8.97. The van der Waals surface area contributed by atoms with Crippen LogP contribution in [0.15, 0.2) is 18.2 Å². The first-order valence-electron chi connectivity index (χ1n) is 7.78. The highest BCUT2D eigenvalue weighted by Gasteiger charge is 2.54. The molecule has 2 heterocycles. The minimum atomic E-state index is -1.19. The molecule has 3 fully saturated rings. The van der Waals surface area contributed by atoms with Crippen molar-refractivity contribution in [3.05, 3.63) is 29.6 Å². The second kappa shape index (κ2) is 5.54. The Hall–Kier alpha value is -1.96. The molecule has 0 aromatic heterocycles. The smallest absolute Gasteiger partial charge is 0.416 e. The van der Waals surface area contributed by atoms with Crippen molar-refractivity contribution in [3.8, 4) is 0 Å². The average molecular weight is 352 g/mol. The Balaban J connectivity index is 1.52. The number of likely N-dealkylation sites (N-methyl/N-ethyl adjacent to an activating group) is 1. The van der Waals surface area contributed by atoms with Crippen LogP contribution in [0.4, 0.5) is 19.7 Å². The van der Waals surface area contributed by atoms with Crippen molar-refractivity contribution in [2.24, 2.45) is 11.8 Å². The van der Waals surface area contributed by atoms with Gasteiger partial charge in [-0.2, -0.15) is 11.8 Å². The molecule has 6 nitrogen and oxygen atoms in total. The summed E-state index contributed by atoms with van der Waals surface area (Å²) in [7, 11) is 1.33. The van der Waals surface area contributed by atoms with Gasteiger partial charge in [0.25, 0.3) is 0 Å². The van der Waals surface area contributed by atoms with E-state index in [1.807, 2.05) is 11.8 Å². The van der Waals surface area contributed by atoms with Crippen LogP contribution in [-0.4, -0.2) is 53.5 Å². The maximum Gasteiger partial charge on any atom is 0.416 e. The number of fused-ring (bicyclic) bond motifs is 1. The summed E-state index contributed by atoms with van der Waals surface area (Å²) in [6.07, 6.45) is -2.74. The SMILES string of the molecule is CN(C(=O)O)[C@@H]1CN(c2ccc(C3[C@H]4CSC[C@@H]34)c(F)c2)C(=O)O1. The molecule has 1 aromatic rings. The summed E-state index contributed by atoms with van der Waals surface area (Å²) in [6, 6.07) is 4.81. The molecule has 2 saturated heterocycles. The highest BCUT2D eigenvalue weighted by Crippen LogP contribution is 2.61. The molecule has 4 atom stereocenters. The van der Waals surface area contributed by atoms with Crippen LogP contribution in [0.3, 0.4) is 0 Å². The number of thioether (sulfide) groups is 1. The predicted octanol–water partition coefficient (Wildman–Crippen LogP) is 2.79. The number of hydrogen-bond acceptors (Lipinski definition) is 4. The zero-order chi connectivity index (χ0) is 17.0. The molecule has 0 spiro atoms. The van der Waals surface area contributed by atoms with Crippen molar-refractivity contribution in [3.63, 3.8) is 0 Å². The second-order valence-electron chi connectivity index (χ2n) is 6.44. The van der Waals surface area contributed by atoms with E-state index in [9.17, 15) is 14.0 Å². The molecule has 2 aliphatic heterocycles. The number of amides is 2. The lowest BCUT2D eigenvalue weighted by Crippen LogP contribution is -2.38. The minimum absolute atomic E-state index is 0.0474. The fourth-order valence-electron chi connectivity index (χ4n) is 3.64. The molecule has 1 aliphatic carbocycles. The van der Waals surface area contributed by atoms with Crippen LogP contribution >= 0.6 is 11.8 Å². The van der Waals surface area contributed by atoms with Crippen LogP contribution in [0.5, 0.6) is 0 Å². The van der Waals surface area contributed by atoms with Gasteiger partial charge in [-0.3, -0.25) is 9.80 Å². The average Bonchev–Trinajstić information content (AvgIpc) is 2.89. The second-order valence-corrected chi connectivity index (χ2v) is 7.51. The Morgan fingerprint density at radius 3 is 2.75 bits per heavy atom. The number of nitrogens with zero attached hydrogens (tertiary/aromatic N) is 2. The molecule has 24 heavy (non-hydrogen) atoms. The molecule has 1 N–H and O–H groups in total. The summed E-state index contributed by atoms with van der Waals surface area (Å²) in [5.74, 6) is 3.36. The van der Waals surface area contributed by atoms with Crippen LogP contribution in [0.2, 0.25) is 0 Å². The lowest BCUT2D eigenvalue weighted by atomic mass is 10.1. The Labute approximate surface area is 142 Å². The molecule has 1 aromatic carbocycles. The van der Waals surface area contributed by atoms with E-state index in [2.05, 4.69) is 0 Å². The molecule has 0 radical (unpaired) electrons. The van der Waals surface area contributed by atoms with E-state index in [1.54, 1.807) is 12.1 Å². The normalized spacial score (nSPS) is 30.9. The molecule has 1 unspecified atom stereocenters. The number of ether oxygens (including phenoxy) is 1. The Kier molecular flexibility index (Phi) is 3.59. The maximum atomic E-state index is 14.5. The van der Waals surface area contributed by atoms with Crippen molar-refractivity contribution < 1.29 is 23.8 Å². The van der Waals surface area contributed by atoms with Gasteiger partial charge in [0, 0.05) is 7.05 Å². The molecule has 8 heteroatoms. The van der Waals surface area contributed by atoms with Crippen LogP contribution in [0.1, 0.15) is 11.5 Å². The topological polar surface area (TPSA) is 70.1 Å². The van der Waals surface area contributed by atoms with E-state index in [1.165, 1.54) is 18.0 Å². The predicted molar refractivity (Wildman–Crippen MR) is 86.8 cm³/mol. The van der Waals surface area contributed by atoms with E-state index in [0.29, 0.717) is 23.4 Å². The van der Waals surface area contributed by atoms with Gasteiger partial charge < -0.3 is 9.84 Å². The first kappa shape index (κ1) is 15.6. The van der Waals surface area contributed by atoms with Gasteiger partial charge in [-0.15, -0.1) is 0 Å². The van der Waals surface area contributed by atoms with Crippen molar-refractivity contribution in [2.45, 2.75) is 12.1 Å². The zero-order valence-corrected chi connectivity index (χ0v) is 13.8. The highest BCUT2D eigenvalue weighted by atomic mass is 32.2. The number of rotatable bonds is 3. The van der Waals surface area contributed by atoms with E-state index >= 15 is 0 Å².